The number of hydrogen-bond donors (Lipinski definition) is 1. The van der Waals surface area contributed by atoms with Crippen LogP contribution in [0.4, 0.5) is 5.69 Å². The fraction of sp³-hybridized carbons (Fsp3) is 0.600. The maximum Gasteiger partial charge on any atom is 0.223 e. The molecule has 0 unspecified atom stereocenters. The fourth-order valence-corrected chi connectivity index (χ4v) is 1.35. The van der Waals surface area contributed by atoms with Gasteiger partial charge in [-0.2, -0.15) is 5.10 Å². The Morgan fingerprint density at radius 1 is 1.47 bits per heavy atom. The third-order valence-corrected chi connectivity index (χ3v) is 2.47. The Morgan fingerprint density at radius 2 is 2.07 bits per heavy atom. The molecule has 1 rings (SSSR count). The summed E-state index contributed by atoms with van der Waals surface area (Å²) in [5.41, 5.74) is 8.26. The second-order valence-electron chi connectivity index (χ2n) is 3.85. The molecule has 0 saturated carbocycles. The smallest absolute Gasteiger partial charge is 0.223 e. The van der Waals surface area contributed by atoms with Crippen LogP contribution in [0.2, 0.25) is 0 Å². The van der Waals surface area contributed by atoms with Crippen molar-refractivity contribution in [1.29, 1.82) is 0 Å². The third-order valence-electron chi connectivity index (χ3n) is 2.47. The number of aromatic nitrogens is 2. The highest BCUT2D eigenvalue weighted by atomic mass is 16.2. The Labute approximate surface area is 89.9 Å². The van der Waals surface area contributed by atoms with Crippen LogP contribution >= 0.6 is 0 Å². The molecule has 0 atom stereocenters. The van der Waals surface area contributed by atoms with Crippen molar-refractivity contribution in [2.75, 3.05) is 19.8 Å². The lowest BCUT2D eigenvalue weighted by molar-refractivity contribution is -0.128. The van der Waals surface area contributed by atoms with Crippen LogP contribution in [-0.4, -0.2) is 34.7 Å². The number of nitrogen functional groups attached to an aromatic ring is 1. The van der Waals surface area contributed by atoms with Gasteiger partial charge in [0.1, 0.15) is 0 Å². The molecule has 1 aromatic heterocycles. The summed E-state index contributed by atoms with van der Waals surface area (Å²) in [5.74, 6) is 0.0983. The summed E-state index contributed by atoms with van der Waals surface area (Å²) in [6, 6.07) is 0. The minimum atomic E-state index is 0.0983. The fourth-order valence-electron chi connectivity index (χ4n) is 1.35. The molecule has 5 nitrogen and oxygen atoms in total. The highest BCUT2D eigenvalue weighted by molar-refractivity contribution is 5.75. The Hall–Kier alpha value is -1.52. The topological polar surface area (TPSA) is 64.2 Å². The predicted octanol–water partition coefficient (Wildman–Crippen LogP) is 0.560. The van der Waals surface area contributed by atoms with Gasteiger partial charge in [0.05, 0.1) is 23.6 Å². The van der Waals surface area contributed by atoms with E-state index in [2.05, 4.69) is 5.10 Å². The molecular formula is C10H18N4O. The summed E-state index contributed by atoms with van der Waals surface area (Å²) >= 11 is 0. The van der Waals surface area contributed by atoms with Gasteiger partial charge in [-0.3, -0.25) is 9.48 Å². The van der Waals surface area contributed by atoms with Gasteiger partial charge in [-0.25, -0.2) is 0 Å². The molecule has 0 fully saturated rings. The van der Waals surface area contributed by atoms with Crippen molar-refractivity contribution in [3.63, 3.8) is 0 Å². The second-order valence-corrected chi connectivity index (χ2v) is 3.85. The van der Waals surface area contributed by atoms with Crippen LogP contribution in [0.15, 0.2) is 0 Å². The molecule has 2 N–H and O–H groups in total. The van der Waals surface area contributed by atoms with Gasteiger partial charge in [0.2, 0.25) is 5.91 Å². The molecule has 1 aromatic rings. The number of nitrogens with two attached hydrogens (primary N) is 1. The van der Waals surface area contributed by atoms with Crippen molar-refractivity contribution < 1.29 is 4.79 Å². The van der Waals surface area contributed by atoms with E-state index in [4.69, 9.17) is 5.73 Å². The van der Waals surface area contributed by atoms with Gasteiger partial charge in [-0.15, -0.1) is 0 Å². The maximum atomic E-state index is 11.4. The summed E-state index contributed by atoms with van der Waals surface area (Å²) < 4.78 is 1.78. The van der Waals surface area contributed by atoms with Crippen LogP contribution in [0, 0.1) is 13.8 Å². The first kappa shape index (κ1) is 11.6. The van der Waals surface area contributed by atoms with E-state index in [9.17, 15) is 4.79 Å². The van der Waals surface area contributed by atoms with Crippen molar-refractivity contribution in [1.82, 2.24) is 14.7 Å². The number of carbonyl (C=O) groups is 1. The molecule has 0 aliphatic carbocycles. The lowest BCUT2D eigenvalue weighted by atomic mass is 10.3. The minimum absolute atomic E-state index is 0.0983. The molecule has 0 aliphatic heterocycles. The zero-order valence-electron chi connectivity index (χ0n) is 9.74. The van der Waals surface area contributed by atoms with Crippen LogP contribution in [0.1, 0.15) is 17.8 Å². The number of nitrogens with zero attached hydrogens (tertiary/aromatic N) is 3. The first-order chi connectivity index (χ1) is 6.93. The summed E-state index contributed by atoms with van der Waals surface area (Å²) in [5, 5.41) is 4.26. The first-order valence-electron chi connectivity index (χ1n) is 4.93. The molecule has 0 bridgehead atoms. The van der Waals surface area contributed by atoms with Gasteiger partial charge in [0.25, 0.3) is 0 Å². The van der Waals surface area contributed by atoms with E-state index in [1.165, 1.54) is 0 Å². The first-order valence-corrected chi connectivity index (χ1v) is 4.93. The normalized spacial score (nSPS) is 10.4. The van der Waals surface area contributed by atoms with E-state index in [0.29, 0.717) is 18.7 Å². The molecule has 1 amide bonds. The van der Waals surface area contributed by atoms with E-state index in [1.807, 2.05) is 13.8 Å². The van der Waals surface area contributed by atoms with Gasteiger partial charge in [0, 0.05) is 20.5 Å². The number of rotatable bonds is 3. The van der Waals surface area contributed by atoms with Crippen LogP contribution in [0.5, 0.6) is 0 Å². The van der Waals surface area contributed by atoms with Crippen molar-refractivity contribution in [3.8, 4) is 0 Å². The summed E-state index contributed by atoms with van der Waals surface area (Å²) in [4.78, 5) is 13.0. The zero-order chi connectivity index (χ0) is 11.6. The predicted molar refractivity (Wildman–Crippen MR) is 59.4 cm³/mol. The van der Waals surface area contributed by atoms with E-state index in [0.717, 1.165) is 11.4 Å². The monoisotopic (exact) mass is 210 g/mol. The largest absolute Gasteiger partial charge is 0.396 e. The number of anilines is 1. The Bertz CT molecular complexity index is 368. The lowest BCUT2D eigenvalue weighted by Crippen LogP contribution is -2.23. The molecule has 0 radical (unpaired) electrons. The standard InChI is InChI=1S/C10H18N4O/c1-7-10(11)8(2)14(12-7)6-5-9(15)13(3)4/h5-6,11H2,1-4H3. The Balaban J connectivity index is 2.66. The number of hydrogen-bond acceptors (Lipinski definition) is 3. The highest BCUT2D eigenvalue weighted by Gasteiger charge is 2.10. The zero-order valence-corrected chi connectivity index (χ0v) is 9.74. The average Bonchev–Trinajstić information content (AvgIpc) is 2.42. The molecule has 84 valence electrons. The molecule has 0 saturated heterocycles. The SMILES string of the molecule is Cc1nn(CCC(=O)N(C)C)c(C)c1N. The van der Waals surface area contributed by atoms with Gasteiger partial charge in [0.15, 0.2) is 0 Å². The lowest BCUT2D eigenvalue weighted by Gasteiger charge is -2.10. The van der Waals surface area contributed by atoms with E-state index in [-0.39, 0.29) is 5.91 Å². The second kappa shape index (κ2) is 4.33. The molecule has 0 spiro atoms. The van der Waals surface area contributed by atoms with Crippen LogP contribution in [-0.2, 0) is 11.3 Å². The van der Waals surface area contributed by atoms with Gasteiger partial charge in [-0.05, 0) is 13.8 Å². The number of aryl methyl sites for hydroxylation is 2. The quantitative estimate of drug-likeness (QED) is 0.792. The Kier molecular flexibility index (Phi) is 3.34. The molecule has 0 aliphatic rings. The molecule has 5 heteroatoms. The van der Waals surface area contributed by atoms with Crippen molar-refractivity contribution in [2.45, 2.75) is 26.8 Å². The summed E-state index contributed by atoms with van der Waals surface area (Å²) in [7, 11) is 3.50. The van der Waals surface area contributed by atoms with Crippen molar-refractivity contribution in [2.24, 2.45) is 0 Å². The van der Waals surface area contributed by atoms with Crippen molar-refractivity contribution >= 4 is 11.6 Å². The third kappa shape index (κ3) is 2.49. The summed E-state index contributed by atoms with van der Waals surface area (Å²) in [6.07, 6.45) is 0.453. The van der Waals surface area contributed by atoms with Crippen LogP contribution in [0.3, 0.4) is 0 Å². The molecule has 1 heterocycles. The minimum Gasteiger partial charge on any atom is -0.396 e. The average molecular weight is 210 g/mol. The summed E-state index contributed by atoms with van der Waals surface area (Å²) in [6.45, 7) is 4.36. The van der Waals surface area contributed by atoms with Gasteiger partial charge in [-0.1, -0.05) is 0 Å². The maximum absolute atomic E-state index is 11.4. The molecule has 0 aromatic carbocycles. The number of amides is 1. The van der Waals surface area contributed by atoms with Crippen molar-refractivity contribution in [3.05, 3.63) is 11.4 Å². The molecular weight excluding hydrogens is 192 g/mol. The van der Waals surface area contributed by atoms with E-state index < -0.39 is 0 Å². The van der Waals surface area contributed by atoms with Crippen LogP contribution < -0.4 is 5.73 Å². The molecule has 15 heavy (non-hydrogen) atoms. The van der Waals surface area contributed by atoms with E-state index in [1.54, 1.807) is 23.7 Å². The highest BCUT2D eigenvalue weighted by Crippen LogP contribution is 2.14. The number of carbonyl (C=O) groups excluding carboxylic acids is 1. The van der Waals surface area contributed by atoms with Gasteiger partial charge >= 0.3 is 0 Å². The van der Waals surface area contributed by atoms with E-state index >= 15 is 0 Å². The Morgan fingerprint density at radius 3 is 2.47 bits per heavy atom. The van der Waals surface area contributed by atoms with Gasteiger partial charge < -0.3 is 10.6 Å². The van der Waals surface area contributed by atoms with Crippen LogP contribution in [0.25, 0.3) is 0 Å².